The van der Waals surface area contributed by atoms with Gasteiger partial charge in [0.1, 0.15) is 12.1 Å². The molecule has 0 aromatic carbocycles. The lowest BCUT2D eigenvalue weighted by molar-refractivity contribution is -0.142. The van der Waals surface area contributed by atoms with Gasteiger partial charge in [-0.05, 0) is 24.9 Å². The van der Waals surface area contributed by atoms with Gasteiger partial charge in [0.15, 0.2) is 0 Å². The lowest BCUT2D eigenvalue weighted by Crippen LogP contribution is -2.54. The van der Waals surface area contributed by atoms with Gasteiger partial charge < -0.3 is 36.9 Å². The third-order valence-corrected chi connectivity index (χ3v) is 4.93. The molecule has 13 nitrogen and oxygen atoms in total. The number of carbonyl (C=O) groups is 5. The summed E-state index contributed by atoms with van der Waals surface area (Å²) in [6, 6.07) is -3.35. The maximum Gasteiger partial charge on any atom is 0.326 e. The standard InChI is InChI=1S/C18H28N6O7S/c1-32-5-4-12(18(30)31)23-14(25)8-21-17(29)13(6-10-7-20-9-22-10)24-16(28)11(19)2-3-15(26)27/h7,9,11-13H,2-6,8,19H2,1H3,(H,20,22)(H,21,29)(H,23,25)(H,24,28)(H,26,27)(H,30,31). The monoisotopic (exact) mass is 472 g/mol. The fourth-order valence-corrected chi connectivity index (χ4v) is 3.01. The molecule has 1 rings (SSSR count). The molecule has 0 aliphatic carbocycles. The molecule has 14 heteroatoms. The van der Waals surface area contributed by atoms with E-state index in [0.29, 0.717) is 11.4 Å². The number of carboxylic acid groups (broad SMARTS) is 2. The molecule has 1 heterocycles. The first kappa shape index (κ1) is 26.9. The maximum absolute atomic E-state index is 12.6. The van der Waals surface area contributed by atoms with Crippen molar-refractivity contribution in [2.24, 2.45) is 5.73 Å². The number of carbonyl (C=O) groups excluding carboxylic acids is 3. The van der Waals surface area contributed by atoms with Crippen LogP contribution in [0, 0.1) is 0 Å². The molecular weight excluding hydrogens is 444 g/mol. The zero-order valence-corrected chi connectivity index (χ0v) is 18.3. The van der Waals surface area contributed by atoms with Crippen LogP contribution < -0.4 is 21.7 Å². The van der Waals surface area contributed by atoms with E-state index in [2.05, 4.69) is 25.9 Å². The highest BCUT2D eigenvalue weighted by Gasteiger charge is 2.26. The van der Waals surface area contributed by atoms with Crippen LogP contribution in [0.3, 0.4) is 0 Å². The molecule has 0 spiro atoms. The number of nitrogens with two attached hydrogens (primary N) is 1. The Bertz CT molecular complexity index is 789. The van der Waals surface area contributed by atoms with Gasteiger partial charge >= 0.3 is 11.9 Å². The van der Waals surface area contributed by atoms with Gasteiger partial charge in [-0.3, -0.25) is 19.2 Å². The molecule has 0 saturated heterocycles. The predicted octanol–water partition coefficient (Wildman–Crippen LogP) is -1.93. The molecule has 178 valence electrons. The molecule has 0 aliphatic rings. The molecule has 0 saturated carbocycles. The van der Waals surface area contributed by atoms with Gasteiger partial charge in [0, 0.05) is 24.7 Å². The van der Waals surface area contributed by atoms with Crippen molar-refractivity contribution in [3.05, 3.63) is 18.2 Å². The summed E-state index contributed by atoms with van der Waals surface area (Å²) in [7, 11) is 0. The Hall–Kier alpha value is -3.13. The Kier molecular flexibility index (Phi) is 11.8. The lowest BCUT2D eigenvalue weighted by Gasteiger charge is -2.20. The van der Waals surface area contributed by atoms with Gasteiger partial charge in [-0.15, -0.1) is 0 Å². The molecule has 3 amide bonds. The van der Waals surface area contributed by atoms with Crippen LogP contribution in [-0.4, -0.2) is 86.5 Å². The zero-order valence-electron chi connectivity index (χ0n) is 17.5. The van der Waals surface area contributed by atoms with Crippen molar-refractivity contribution in [3.63, 3.8) is 0 Å². The SMILES string of the molecule is CSCCC(NC(=O)CNC(=O)C(Cc1cnc[nH]1)NC(=O)C(N)CCC(=O)O)C(=O)O. The Labute approximate surface area is 188 Å². The third kappa shape index (κ3) is 10.3. The smallest absolute Gasteiger partial charge is 0.326 e. The van der Waals surface area contributed by atoms with E-state index in [4.69, 9.17) is 10.8 Å². The van der Waals surface area contributed by atoms with Crippen LogP contribution in [0.5, 0.6) is 0 Å². The molecule has 0 aliphatic heterocycles. The van der Waals surface area contributed by atoms with Crippen molar-refractivity contribution in [3.8, 4) is 0 Å². The van der Waals surface area contributed by atoms with Gasteiger partial charge in [-0.1, -0.05) is 0 Å². The molecule has 8 N–H and O–H groups in total. The van der Waals surface area contributed by atoms with Crippen molar-refractivity contribution >= 4 is 41.4 Å². The van der Waals surface area contributed by atoms with E-state index in [9.17, 15) is 29.1 Å². The fraction of sp³-hybridized carbons (Fsp3) is 0.556. The summed E-state index contributed by atoms with van der Waals surface area (Å²) in [6.07, 6.45) is 4.45. The highest BCUT2D eigenvalue weighted by molar-refractivity contribution is 7.98. The van der Waals surface area contributed by atoms with Crippen LogP contribution in [0.2, 0.25) is 0 Å². The summed E-state index contributed by atoms with van der Waals surface area (Å²) >= 11 is 1.44. The number of amides is 3. The van der Waals surface area contributed by atoms with E-state index in [1.165, 1.54) is 24.3 Å². The van der Waals surface area contributed by atoms with Crippen molar-refractivity contribution in [2.75, 3.05) is 18.6 Å². The van der Waals surface area contributed by atoms with Crippen molar-refractivity contribution < 1.29 is 34.2 Å². The summed E-state index contributed by atoms with van der Waals surface area (Å²) in [6.45, 7) is -0.498. The summed E-state index contributed by atoms with van der Waals surface area (Å²) in [5.74, 6) is -3.88. The summed E-state index contributed by atoms with van der Waals surface area (Å²) in [5, 5.41) is 25.0. The van der Waals surface area contributed by atoms with Crippen LogP contribution in [0.15, 0.2) is 12.5 Å². The van der Waals surface area contributed by atoms with Crippen molar-refractivity contribution in [2.45, 2.75) is 43.8 Å². The highest BCUT2D eigenvalue weighted by Crippen LogP contribution is 2.03. The molecule has 3 atom stereocenters. The second-order valence-corrected chi connectivity index (χ2v) is 7.82. The fourth-order valence-electron chi connectivity index (χ4n) is 2.54. The minimum absolute atomic E-state index is 0.0102. The number of nitrogens with one attached hydrogen (secondary N) is 4. The zero-order chi connectivity index (χ0) is 24.1. The Morgan fingerprint density at radius 1 is 1.12 bits per heavy atom. The number of hydrogen-bond acceptors (Lipinski definition) is 8. The van der Waals surface area contributed by atoms with E-state index >= 15 is 0 Å². The normalized spacial score (nSPS) is 13.4. The molecule has 0 fully saturated rings. The summed E-state index contributed by atoms with van der Waals surface area (Å²) < 4.78 is 0. The number of thioether (sulfide) groups is 1. The van der Waals surface area contributed by atoms with E-state index < -0.39 is 54.3 Å². The van der Waals surface area contributed by atoms with E-state index in [1.54, 1.807) is 0 Å². The molecule has 1 aromatic heterocycles. The molecule has 1 aromatic rings. The number of aromatic amines is 1. The van der Waals surface area contributed by atoms with Crippen molar-refractivity contribution in [1.29, 1.82) is 0 Å². The Balaban J connectivity index is 2.70. The van der Waals surface area contributed by atoms with E-state index in [-0.39, 0.29) is 25.7 Å². The average Bonchev–Trinajstić information content (AvgIpc) is 3.25. The molecular formula is C18H28N6O7S. The number of rotatable bonds is 15. The van der Waals surface area contributed by atoms with Crippen LogP contribution in [0.1, 0.15) is 25.0 Å². The first-order valence-corrected chi connectivity index (χ1v) is 11.1. The van der Waals surface area contributed by atoms with Crippen LogP contribution in [0.4, 0.5) is 0 Å². The Morgan fingerprint density at radius 2 is 1.84 bits per heavy atom. The van der Waals surface area contributed by atoms with Crippen LogP contribution >= 0.6 is 11.8 Å². The second kappa shape index (κ2) is 14.0. The first-order valence-electron chi connectivity index (χ1n) is 9.67. The topological polar surface area (TPSA) is 217 Å². The second-order valence-electron chi connectivity index (χ2n) is 6.84. The van der Waals surface area contributed by atoms with Crippen molar-refractivity contribution in [1.82, 2.24) is 25.9 Å². The lowest BCUT2D eigenvalue weighted by atomic mass is 10.1. The number of aromatic nitrogens is 2. The highest BCUT2D eigenvalue weighted by atomic mass is 32.2. The molecule has 0 radical (unpaired) electrons. The van der Waals surface area contributed by atoms with Gasteiger partial charge in [-0.2, -0.15) is 11.8 Å². The minimum Gasteiger partial charge on any atom is -0.481 e. The quantitative estimate of drug-likeness (QED) is 0.150. The molecule has 3 unspecified atom stereocenters. The number of carboxylic acids is 2. The minimum atomic E-state index is -1.18. The number of H-pyrrole nitrogens is 1. The summed E-state index contributed by atoms with van der Waals surface area (Å²) in [4.78, 5) is 65.4. The molecule has 0 bridgehead atoms. The van der Waals surface area contributed by atoms with Crippen LogP contribution in [-0.2, 0) is 30.4 Å². The maximum atomic E-state index is 12.6. The van der Waals surface area contributed by atoms with Crippen LogP contribution in [0.25, 0.3) is 0 Å². The molecule has 32 heavy (non-hydrogen) atoms. The average molecular weight is 473 g/mol. The van der Waals surface area contributed by atoms with Gasteiger partial charge in [0.05, 0.1) is 18.9 Å². The number of nitrogens with zero attached hydrogens (tertiary/aromatic N) is 1. The van der Waals surface area contributed by atoms with Gasteiger partial charge in [-0.25, -0.2) is 9.78 Å². The number of imidazole rings is 1. The Morgan fingerprint density at radius 3 is 2.41 bits per heavy atom. The largest absolute Gasteiger partial charge is 0.481 e. The number of hydrogen-bond donors (Lipinski definition) is 7. The summed E-state index contributed by atoms with van der Waals surface area (Å²) in [5.41, 5.74) is 6.21. The van der Waals surface area contributed by atoms with E-state index in [0.717, 1.165) is 0 Å². The van der Waals surface area contributed by atoms with Gasteiger partial charge in [0.2, 0.25) is 17.7 Å². The predicted molar refractivity (Wildman–Crippen MR) is 115 cm³/mol. The number of aliphatic carboxylic acids is 2. The first-order chi connectivity index (χ1) is 15.1. The third-order valence-electron chi connectivity index (χ3n) is 4.28. The van der Waals surface area contributed by atoms with Gasteiger partial charge in [0.25, 0.3) is 0 Å². The van der Waals surface area contributed by atoms with E-state index in [1.807, 2.05) is 6.26 Å².